The Morgan fingerprint density at radius 3 is 2.62 bits per heavy atom. The van der Waals surface area contributed by atoms with Crippen molar-refractivity contribution in [2.45, 2.75) is 57.3 Å². The van der Waals surface area contributed by atoms with Crippen LogP contribution in [0.15, 0.2) is 24.5 Å². The molecule has 0 bridgehead atoms. The number of rotatable bonds is 4. The summed E-state index contributed by atoms with van der Waals surface area (Å²) in [6.45, 7) is 6.21. The number of hydrogen-bond acceptors (Lipinski definition) is 7. The van der Waals surface area contributed by atoms with E-state index in [0.29, 0.717) is 13.2 Å². The summed E-state index contributed by atoms with van der Waals surface area (Å²) in [5.41, 5.74) is 1.48. The highest BCUT2D eigenvalue weighted by molar-refractivity contribution is 5.93. The average molecular weight is 439 g/mol. The van der Waals surface area contributed by atoms with Gasteiger partial charge in [-0.15, -0.1) is 0 Å². The van der Waals surface area contributed by atoms with Crippen molar-refractivity contribution in [1.82, 2.24) is 15.3 Å². The van der Waals surface area contributed by atoms with Gasteiger partial charge in [-0.3, -0.25) is 9.78 Å². The van der Waals surface area contributed by atoms with Crippen molar-refractivity contribution in [2.24, 2.45) is 0 Å². The van der Waals surface area contributed by atoms with Gasteiger partial charge in [-0.1, -0.05) is 5.92 Å². The summed E-state index contributed by atoms with van der Waals surface area (Å²) in [4.78, 5) is 23.3. The first kappa shape index (κ1) is 22.3. The van der Waals surface area contributed by atoms with Crippen LogP contribution in [0.1, 0.15) is 39.5 Å². The molecule has 0 spiro atoms. The molecule has 0 radical (unpaired) electrons. The molecular weight excluding hydrogens is 408 g/mol. The number of hydrogen-bond donors (Lipinski definition) is 2. The summed E-state index contributed by atoms with van der Waals surface area (Å²) in [5.74, 6) is 5.41. The summed E-state index contributed by atoms with van der Waals surface area (Å²) in [6.07, 6.45) is 6.71. The highest BCUT2D eigenvalue weighted by Gasteiger charge is 2.25. The van der Waals surface area contributed by atoms with Crippen molar-refractivity contribution in [3.8, 4) is 17.6 Å². The molecule has 2 aromatic rings. The third-order valence-electron chi connectivity index (χ3n) is 5.68. The Hall–Kier alpha value is -2.89. The number of aliphatic hydroxyl groups is 1. The van der Waals surface area contributed by atoms with Gasteiger partial charge in [0.25, 0.3) is 5.91 Å². The summed E-state index contributed by atoms with van der Waals surface area (Å²) in [5, 5.41) is 12.6. The van der Waals surface area contributed by atoms with Crippen LogP contribution in [-0.4, -0.2) is 65.0 Å². The van der Waals surface area contributed by atoms with Crippen molar-refractivity contribution in [3.63, 3.8) is 0 Å². The van der Waals surface area contributed by atoms with Gasteiger partial charge in [-0.2, -0.15) is 0 Å². The van der Waals surface area contributed by atoms with Gasteiger partial charge in [-0.25, -0.2) is 4.98 Å². The van der Waals surface area contributed by atoms with E-state index in [2.05, 4.69) is 44.2 Å². The summed E-state index contributed by atoms with van der Waals surface area (Å²) < 4.78 is 11.9. The highest BCUT2D eigenvalue weighted by atomic mass is 16.5. The second-order valence-corrected chi connectivity index (χ2v) is 8.84. The maximum atomic E-state index is 12.0. The van der Waals surface area contributed by atoms with Crippen LogP contribution in [0.2, 0.25) is 0 Å². The van der Waals surface area contributed by atoms with Gasteiger partial charge in [0.1, 0.15) is 16.9 Å². The second kappa shape index (κ2) is 9.72. The van der Waals surface area contributed by atoms with Crippen molar-refractivity contribution in [1.29, 1.82) is 0 Å². The first-order chi connectivity index (χ1) is 15.4. The fourth-order valence-corrected chi connectivity index (χ4v) is 4.06. The summed E-state index contributed by atoms with van der Waals surface area (Å²) >= 11 is 0. The van der Waals surface area contributed by atoms with E-state index in [0.717, 1.165) is 61.2 Å². The van der Waals surface area contributed by atoms with Crippen LogP contribution in [0.25, 0.3) is 11.0 Å². The number of anilines is 1. The fourth-order valence-electron chi connectivity index (χ4n) is 4.06. The zero-order valence-electron chi connectivity index (χ0n) is 18.6. The van der Waals surface area contributed by atoms with E-state index in [9.17, 15) is 9.90 Å². The van der Waals surface area contributed by atoms with Crippen molar-refractivity contribution >= 4 is 22.6 Å². The number of fused-ring (bicyclic) bond motifs is 1. The monoisotopic (exact) mass is 438 g/mol. The van der Waals surface area contributed by atoms with E-state index in [1.807, 2.05) is 0 Å². The maximum Gasteiger partial charge on any atom is 0.296 e. The molecule has 0 unspecified atom stereocenters. The number of nitrogens with one attached hydrogen (secondary N) is 1. The minimum absolute atomic E-state index is 0.0516. The number of aromatic nitrogens is 2. The van der Waals surface area contributed by atoms with Crippen LogP contribution in [0, 0.1) is 11.8 Å². The number of amides is 1. The van der Waals surface area contributed by atoms with Crippen molar-refractivity contribution < 1.29 is 19.4 Å². The molecule has 1 aliphatic carbocycles. The van der Waals surface area contributed by atoms with Crippen LogP contribution in [0.4, 0.5) is 5.69 Å². The molecule has 2 heterocycles. The van der Waals surface area contributed by atoms with E-state index in [1.165, 1.54) is 0 Å². The molecule has 170 valence electrons. The van der Waals surface area contributed by atoms with Crippen LogP contribution in [-0.2, 0) is 9.53 Å². The lowest BCUT2D eigenvalue weighted by atomic mass is 9.93. The molecule has 1 aromatic carbocycles. The molecule has 8 nitrogen and oxygen atoms in total. The standard InChI is InChI=1S/C24H30N4O4/c1-24(2,30)8-7-22(29)27-17-3-5-19(6-4-17)32-21-16-18(28-11-13-31-14-12-28)15-20-23(21)26-10-9-25-20/h9-10,15-17,19,30H,3-6,11-14H2,1-2H3,(H,27,29). The lowest BCUT2D eigenvalue weighted by molar-refractivity contribution is -0.116. The molecular formula is C24H30N4O4. The Balaban J connectivity index is 1.41. The Morgan fingerprint density at radius 2 is 1.91 bits per heavy atom. The topological polar surface area (TPSA) is 96.8 Å². The Kier molecular flexibility index (Phi) is 6.77. The first-order valence-electron chi connectivity index (χ1n) is 11.2. The lowest BCUT2D eigenvalue weighted by Crippen LogP contribution is -2.39. The zero-order chi connectivity index (χ0) is 22.6. The highest BCUT2D eigenvalue weighted by Crippen LogP contribution is 2.32. The number of benzene rings is 1. The van der Waals surface area contributed by atoms with Crippen LogP contribution in [0.5, 0.6) is 5.75 Å². The third-order valence-corrected chi connectivity index (χ3v) is 5.68. The van der Waals surface area contributed by atoms with E-state index in [1.54, 1.807) is 26.2 Å². The van der Waals surface area contributed by atoms with Gasteiger partial charge in [0.05, 0.1) is 24.8 Å². The van der Waals surface area contributed by atoms with Crippen LogP contribution >= 0.6 is 0 Å². The Morgan fingerprint density at radius 1 is 1.19 bits per heavy atom. The number of nitrogens with zero attached hydrogens (tertiary/aromatic N) is 3. The van der Waals surface area contributed by atoms with Gasteiger partial charge in [-0.05, 0) is 51.5 Å². The van der Waals surface area contributed by atoms with Crippen LogP contribution < -0.4 is 15.0 Å². The van der Waals surface area contributed by atoms with Crippen molar-refractivity contribution in [3.05, 3.63) is 24.5 Å². The minimum Gasteiger partial charge on any atom is -0.488 e. The fraction of sp³-hybridized carbons (Fsp3) is 0.542. The first-order valence-corrected chi connectivity index (χ1v) is 11.2. The Bertz CT molecular complexity index is 1010. The normalized spacial score (nSPS) is 21.5. The number of ether oxygens (including phenoxy) is 2. The van der Waals surface area contributed by atoms with Gasteiger partial charge in [0.15, 0.2) is 0 Å². The van der Waals surface area contributed by atoms with Gasteiger partial charge in [0, 0.05) is 43.3 Å². The molecule has 2 fully saturated rings. The van der Waals surface area contributed by atoms with E-state index in [4.69, 9.17) is 9.47 Å². The molecule has 2 aliphatic rings. The maximum absolute atomic E-state index is 12.0. The predicted octanol–water partition coefficient (Wildman–Crippen LogP) is 2.05. The molecule has 1 aliphatic heterocycles. The largest absolute Gasteiger partial charge is 0.488 e. The lowest BCUT2D eigenvalue weighted by Gasteiger charge is -2.31. The quantitative estimate of drug-likeness (QED) is 0.705. The zero-order valence-corrected chi connectivity index (χ0v) is 18.6. The van der Waals surface area contributed by atoms with Gasteiger partial charge >= 0.3 is 0 Å². The number of carbonyl (C=O) groups excluding carboxylic acids is 1. The van der Waals surface area contributed by atoms with Gasteiger partial charge < -0.3 is 24.8 Å². The van der Waals surface area contributed by atoms with Crippen LogP contribution in [0.3, 0.4) is 0 Å². The molecule has 32 heavy (non-hydrogen) atoms. The van der Waals surface area contributed by atoms with E-state index >= 15 is 0 Å². The molecule has 0 atom stereocenters. The minimum atomic E-state index is -1.18. The predicted molar refractivity (Wildman–Crippen MR) is 121 cm³/mol. The SMILES string of the molecule is CC(C)(O)C#CC(=O)NC1CCC(Oc2cc(N3CCOCC3)cc3nccnc23)CC1. The van der Waals surface area contributed by atoms with Crippen molar-refractivity contribution in [2.75, 3.05) is 31.2 Å². The van der Waals surface area contributed by atoms with Gasteiger partial charge in [0.2, 0.25) is 0 Å². The smallest absolute Gasteiger partial charge is 0.296 e. The number of morpholine rings is 1. The second-order valence-electron chi connectivity index (χ2n) is 8.84. The summed E-state index contributed by atoms with van der Waals surface area (Å²) in [7, 11) is 0. The van der Waals surface area contributed by atoms with E-state index < -0.39 is 5.60 Å². The molecule has 1 saturated heterocycles. The Labute approximate surface area is 188 Å². The molecule has 4 rings (SSSR count). The third kappa shape index (κ3) is 5.87. The molecule has 1 saturated carbocycles. The molecule has 1 aromatic heterocycles. The average Bonchev–Trinajstić information content (AvgIpc) is 2.79. The molecule has 1 amide bonds. The summed E-state index contributed by atoms with van der Waals surface area (Å²) in [6, 6.07) is 4.18. The molecule has 2 N–H and O–H groups in total. The number of carbonyl (C=O) groups is 1. The van der Waals surface area contributed by atoms with E-state index in [-0.39, 0.29) is 18.1 Å². The molecule has 8 heteroatoms.